The summed E-state index contributed by atoms with van der Waals surface area (Å²) in [7, 11) is 0. The number of nitrogens with zero attached hydrogens (tertiary/aromatic N) is 3. The number of carbonyl (C=O) groups is 2. The van der Waals surface area contributed by atoms with Gasteiger partial charge in [0.15, 0.2) is 5.60 Å². The number of halogens is 1. The van der Waals surface area contributed by atoms with Crippen molar-refractivity contribution in [1.82, 2.24) is 14.7 Å². The smallest absolute Gasteiger partial charge is 0.320 e. The maximum atomic E-state index is 13.0. The van der Waals surface area contributed by atoms with Gasteiger partial charge in [-0.2, -0.15) is 0 Å². The Morgan fingerprint density at radius 3 is 2.19 bits per heavy atom. The van der Waals surface area contributed by atoms with Crippen molar-refractivity contribution in [2.24, 2.45) is 0 Å². The van der Waals surface area contributed by atoms with Crippen molar-refractivity contribution in [3.05, 3.63) is 34.9 Å². The average molecular weight is 380 g/mol. The highest BCUT2D eigenvalue weighted by Crippen LogP contribution is 2.30. The lowest BCUT2D eigenvalue weighted by atomic mass is 9.89. The van der Waals surface area contributed by atoms with Crippen LogP contribution in [-0.4, -0.2) is 71.0 Å². The summed E-state index contributed by atoms with van der Waals surface area (Å²) in [6, 6.07) is 6.87. The first-order chi connectivity index (χ1) is 12.5. The van der Waals surface area contributed by atoms with Crippen molar-refractivity contribution in [3.8, 4) is 0 Å². The molecule has 2 saturated heterocycles. The summed E-state index contributed by atoms with van der Waals surface area (Å²) in [6.45, 7) is 5.28. The Labute approximate surface area is 159 Å². The number of urea groups is 1. The van der Waals surface area contributed by atoms with E-state index in [1.54, 1.807) is 41.0 Å². The lowest BCUT2D eigenvalue weighted by Crippen LogP contribution is -2.57. The number of likely N-dealkylation sites (tertiary alicyclic amines) is 1. The van der Waals surface area contributed by atoms with Crippen molar-refractivity contribution in [1.29, 1.82) is 0 Å². The van der Waals surface area contributed by atoms with E-state index in [9.17, 15) is 14.7 Å². The first-order valence-corrected chi connectivity index (χ1v) is 9.65. The molecule has 6 nitrogen and oxygen atoms in total. The van der Waals surface area contributed by atoms with Gasteiger partial charge in [0, 0.05) is 44.3 Å². The first-order valence-electron chi connectivity index (χ1n) is 9.27. The highest BCUT2D eigenvalue weighted by Gasteiger charge is 2.41. The molecule has 7 heteroatoms. The standard InChI is InChI=1S/C19H26ClN3O3/c1-2-19(26,15-6-5-7-16(20)14-15)17(24)21-10-12-23(13-11-21)18(25)22-8-3-4-9-22/h5-7,14,26H,2-4,8-13H2,1H3. The molecule has 3 amide bonds. The van der Waals surface area contributed by atoms with Crippen LogP contribution >= 0.6 is 11.6 Å². The number of carbonyl (C=O) groups excluding carboxylic acids is 2. The highest BCUT2D eigenvalue weighted by molar-refractivity contribution is 6.30. The molecule has 3 rings (SSSR count). The Kier molecular flexibility index (Phi) is 5.73. The molecule has 2 aliphatic rings. The molecule has 0 spiro atoms. The van der Waals surface area contributed by atoms with Crippen molar-refractivity contribution >= 4 is 23.5 Å². The zero-order chi connectivity index (χ0) is 18.7. The molecule has 2 heterocycles. The number of rotatable bonds is 3. The number of amides is 3. The molecule has 0 aliphatic carbocycles. The number of hydrogen-bond acceptors (Lipinski definition) is 3. The summed E-state index contributed by atoms with van der Waals surface area (Å²) in [5, 5.41) is 11.5. The third-order valence-electron chi connectivity index (χ3n) is 5.38. The maximum absolute atomic E-state index is 13.0. The van der Waals surface area contributed by atoms with Gasteiger partial charge >= 0.3 is 6.03 Å². The third-order valence-corrected chi connectivity index (χ3v) is 5.62. The SMILES string of the molecule is CCC(O)(C(=O)N1CCN(C(=O)N2CCCC2)CC1)c1cccc(Cl)c1. The average Bonchev–Trinajstić information content (AvgIpc) is 3.21. The van der Waals surface area contributed by atoms with Crippen molar-refractivity contribution in [2.75, 3.05) is 39.3 Å². The van der Waals surface area contributed by atoms with Gasteiger partial charge in [0.2, 0.25) is 0 Å². The maximum Gasteiger partial charge on any atom is 0.320 e. The van der Waals surface area contributed by atoms with Crippen LogP contribution in [0.15, 0.2) is 24.3 Å². The minimum absolute atomic E-state index is 0.0650. The lowest BCUT2D eigenvalue weighted by molar-refractivity contribution is -0.154. The fourth-order valence-electron chi connectivity index (χ4n) is 3.70. The number of hydrogen-bond donors (Lipinski definition) is 1. The summed E-state index contributed by atoms with van der Waals surface area (Å²) < 4.78 is 0. The molecule has 1 aromatic rings. The van der Waals surface area contributed by atoms with E-state index >= 15 is 0 Å². The highest BCUT2D eigenvalue weighted by atomic mass is 35.5. The van der Waals surface area contributed by atoms with Gasteiger partial charge in [0.05, 0.1) is 0 Å². The van der Waals surface area contributed by atoms with Gasteiger partial charge in [-0.25, -0.2) is 4.79 Å². The van der Waals surface area contributed by atoms with E-state index in [1.807, 2.05) is 4.90 Å². The zero-order valence-corrected chi connectivity index (χ0v) is 15.9. The van der Waals surface area contributed by atoms with E-state index in [2.05, 4.69) is 0 Å². The van der Waals surface area contributed by atoms with Gasteiger partial charge in [0.1, 0.15) is 0 Å². The molecule has 0 aromatic heterocycles. The molecule has 1 atom stereocenters. The van der Waals surface area contributed by atoms with Crippen molar-refractivity contribution in [3.63, 3.8) is 0 Å². The molecule has 2 fully saturated rings. The predicted molar refractivity (Wildman–Crippen MR) is 100.0 cm³/mol. The second-order valence-corrected chi connectivity index (χ2v) is 7.42. The van der Waals surface area contributed by atoms with Crippen LogP contribution in [0, 0.1) is 0 Å². The second kappa shape index (κ2) is 7.84. The van der Waals surface area contributed by atoms with Crippen LogP contribution in [0.4, 0.5) is 4.79 Å². The van der Waals surface area contributed by atoms with Crippen LogP contribution < -0.4 is 0 Å². The van der Waals surface area contributed by atoms with Crippen LogP contribution in [0.25, 0.3) is 0 Å². The summed E-state index contributed by atoms with van der Waals surface area (Å²) in [4.78, 5) is 30.8. The van der Waals surface area contributed by atoms with Gasteiger partial charge in [-0.15, -0.1) is 0 Å². The van der Waals surface area contributed by atoms with Crippen LogP contribution in [0.5, 0.6) is 0 Å². The zero-order valence-electron chi connectivity index (χ0n) is 15.2. The first kappa shape index (κ1) is 19.0. The van der Waals surface area contributed by atoms with E-state index in [-0.39, 0.29) is 18.4 Å². The molecule has 0 radical (unpaired) electrons. The van der Waals surface area contributed by atoms with Gasteiger partial charge < -0.3 is 19.8 Å². The van der Waals surface area contributed by atoms with Crippen LogP contribution in [0.1, 0.15) is 31.7 Å². The quantitative estimate of drug-likeness (QED) is 0.876. The van der Waals surface area contributed by atoms with Crippen molar-refractivity contribution in [2.45, 2.75) is 31.8 Å². The van der Waals surface area contributed by atoms with Gasteiger partial charge in [-0.1, -0.05) is 30.7 Å². The Hall–Kier alpha value is -1.79. The molecule has 1 N–H and O–H groups in total. The lowest BCUT2D eigenvalue weighted by Gasteiger charge is -2.40. The fourth-order valence-corrected chi connectivity index (χ4v) is 3.89. The fraction of sp³-hybridized carbons (Fsp3) is 0.579. The molecule has 26 heavy (non-hydrogen) atoms. The van der Waals surface area contributed by atoms with Gasteiger partial charge in [-0.3, -0.25) is 4.79 Å². The second-order valence-electron chi connectivity index (χ2n) is 6.98. The van der Waals surface area contributed by atoms with E-state index in [1.165, 1.54) is 0 Å². The molecule has 0 bridgehead atoms. The Morgan fingerprint density at radius 1 is 1.04 bits per heavy atom. The summed E-state index contributed by atoms with van der Waals surface area (Å²) in [6.07, 6.45) is 2.39. The Morgan fingerprint density at radius 2 is 1.62 bits per heavy atom. The minimum atomic E-state index is -1.59. The van der Waals surface area contributed by atoms with E-state index in [4.69, 9.17) is 11.6 Å². The van der Waals surface area contributed by atoms with E-state index in [0.29, 0.717) is 36.8 Å². The number of piperazine rings is 1. The normalized spacial score (nSPS) is 20.2. The summed E-state index contributed by atoms with van der Waals surface area (Å²) >= 11 is 6.03. The molecular formula is C19H26ClN3O3. The molecule has 1 aromatic carbocycles. The molecule has 1 unspecified atom stereocenters. The molecule has 142 valence electrons. The van der Waals surface area contributed by atoms with E-state index in [0.717, 1.165) is 25.9 Å². The molecule has 0 saturated carbocycles. The topological polar surface area (TPSA) is 64.1 Å². The monoisotopic (exact) mass is 379 g/mol. The summed E-state index contributed by atoms with van der Waals surface area (Å²) in [5.41, 5.74) is -1.08. The molecule has 2 aliphatic heterocycles. The third kappa shape index (κ3) is 3.67. The largest absolute Gasteiger partial charge is 0.375 e. The Bertz CT molecular complexity index is 670. The van der Waals surface area contributed by atoms with Gasteiger partial charge in [-0.05, 0) is 37.0 Å². The number of benzene rings is 1. The predicted octanol–water partition coefficient (Wildman–Crippen LogP) is 2.30. The number of aliphatic hydroxyl groups is 1. The van der Waals surface area contributed by atoms with Crippen LogP contribution in [-0.2, 0) is 10.4 Å². The van der Waals surface area contributed by atoms with Crippen molar-refractivity contribution < 1.29 is 14.7 Å². The van der Waals surface area contributed by atoms with Crippen LogP contribution in [0.3, 0.4) is 0 Å². The molecular weight excluding hydrogens is 354 g/mol. The summed E-state index contributed by atoms with van der Waals surface area (Å²) in [5.74, 6) is -0.324. The minimum Gasteiger partial charge on any atom is -0.375 e. The van der Waals surface area contributed by atoms with Gasteiger partial charge in [0.25, 0.3) is 5.91 Å². The Balaban J connectivity index is 1.66. The van der Waals surface area contributed by atoms with E-state index < -0.39 is 5.60 Å². The van der Waals surface area contributed by atoms with Crippen LogP contribution in [0.2, 0.25) is 5.02 Å².